The van der Waals surface area contributed by atoms with Gasteiger partial charge in [0.2, 0.25) is 10.0 Å². The molecule has 0 atom stereocenters. The van der Waals surface area contributed by atoms with E-state index in [-0.39, 0.29) is 10.8 Å². The number of carbonyl (C=O) groups excluding carboxylic acids is 1. The fourth-order valence-corrected chi connectivity index (χ4v) is 4.56. The van der Waals surface area contributed by atoms with E-state index < -0.39 is 10.0 Å². The average molecular weight is 361 g/mol. The lowest BCUT2D eigenvalue weighted by atomic mass is 10.2. The van der Waals surface area contributed by atoms with Crippen molar-refractivity contribution in [3.8, 4) is 0 Å². The highest BCUT2D eigenvalue weighted by molar-refractivity contribution is 7.89. The molecule has 1 aliphatic carbocycles. The first-order valence-corrected chi connectivity index (χ1v) is 9.95. The summed E-state index contributed by atoms with van der Waals surface area (Å²) in [5.41, 5.74) is 7.83. The Bertz CT molecular complexity index is 822. The summed E-state index contributed by atoms with van der Waals surface area (Å²) >= 11 is 0. The Hall–Kier alpha value is -2.12. The van der Waals surface area contributed by atoms with Gasteiger partial charge in [-0.1, -0.05) is 24.1 Å². The van der Waals surface area contributed by atoms with Crippen LogP contribution in [0.5, 0.6) is 0 Å². The standard InChI is InChI=1S/C18H23N3O3S/c1-14-8-9-16(12-14)19-20-18(22)15-6-5-7-17(13-15)25(23,24)21-10-3-2-4-11-21/h5-7,9,12-13,19H,2-4,8,10-11H2,1H3,(H,20,22). The Morgan fingerprint density at radius 1 is 1.16 bits per heavy atom. The van der Waals surface area contributed by atoms with Gasteiger partial charge < -0.3 is 0 Å². The van der Waals surface area contributed by atoms with Crippen molar-refractivity contribution in [2.24, 2.45) is 0 Å². The van der Waals surface area contributed by atoms with Gasteiger partial charge in [-0.3, -0.25) is 15.6 Å². The van der Waals surface area contributed by atoms with Crippen LogP contribution in [0.15, 0.2) is 52.6 Å². The maximum atomic E-state index is 12.7. The van der Waals surface area contributed by atoms with Crippen LogP contribution in [0.2, 0.25) is 0 Å². The minimum atomic E-state index is -3.54. The summed E-state index contributed by atoms with van der Waals surface area (Å²) in [6, 6.07) is 6.19. The number of rotatable bonds is 5. The molecule has 1 saturated heterocycles. The molecular weight excluding hydrogens is 338 g/mol. The molecule has 7 heteroatoms. The van der Waals surface area contributed by atoms with Gasteiger partial charge in [-0.25, -0.2) is 8.42 Å². The minimum Gasteiger partial charge on any atom is -0.299 e. The molecule has 1 heterocycles. The van der Waals surface area contributed by atoms with E-state index in [0.717, 1.165) is 31.4 Å². The van der Waals surface area contributed by atoms with Crippen LogP contribution in [0.1, 0.15) is 43.0 Å². The lowest BCUT2D eigenvalue weighted by Gasteiger charge is -2.26. The van der Waals surface area contributed by atoms with Gasteiger partial charge in [-0.15, -0.1) is 0 Å². The molecule has 0 unspecified atom stereocenters. The third-order valence-electron chi connectivity index (χ3n) is 4.42. The van der Waals surface area contributed by atoms with Crippen LogP contribution in [0.25, 0.3) is 0 Å². The highest BCUT2D eigenvalue weighted by Crippen LogP contribution is 2.21. The number of benzene rings is 1. The van der Waals surface area contributed by atoms with E-state index in [4.69, 9.17) is 0 Å². The zero-order valence-electron chi connectivity index (χ0n) is 14.3. The zero-order chi connectivity index (χ0) is 17.9. The fourth-order valence-electron chi connectivity index (χ4n) is 2.99. The van der Waals surface area contributed by atoms with Crippen LogP contribution >= 0.6 is 0 Å². The number of piperidine rings is 1. The monoisotopic (exact) mass is 361 g/mol. The molecule has 1 aliphatic heterocycles. The van der Waals surface area contributed by atoms with Crippen molar-refractivity contribution in [1.82, 2.24) is 15.2 Å². The molecule has 1 aromatic rings. The normalized spacial score (nSPS) is 18.4. The van der Waals surface area contributed by atoms with Crippen molar-refractivity contribution in [2.45, 2.75) is 37.5 Å². The van der Waals surface area contributed by atoms with Gasteiger partial charge in [0.1, 0.15) is 0 Å². The van der Waals surface area contributed by atoms with E-state index in [1.54, 1.807) is 18.2 Å². The van der Waals surface area contributed by atoms with Gasteiger partial charge in [0, 0.05) is 18.7 Å². The summed E-state index contributed by atoms with van der Waals surface area (Å²) in [4.78, 5) is 12.5. The molecule has 6 nitrogen and oxygen atoms in total. The molecule has 3 rings (SSSR count). The van der Waals surface area contributed by atoms with Gasteiger partial charge in [-0.2, -0.15) is 4.31 Å². The van der Waals surface area contributed by atoms with Crippen molar-refractivity contribution in [1.29, 1.82) is 0 Å². The molecule has 2 aliphatic rings. The van der Waals surface area contributed by atoms with E-state index in [9.17, 15) is 13.2 Å². The molecule has 0 saturated carbocycles. The second-order valence-corrected chi connectivity index (χ2v) is 8.36. The van der Waals surface area contributed by atoms with Gasteiger partial charge in [-0.05, 0) is 50.5 Å². The van der Waals surface area contributed by atoms with Crippen molar-refractivity contribution < 1.29 is 13.2 Å². The summed E-state index contributed by atoms with van der Waals surface area (Å²) in [7, 11) is -3.54. The van der Waals surface area contributed by atoms with Gasteiger partial charge in [0.05, 0.1) is 10.6 Å². The first-order chi connectivity index (χ1) is 12.0. The second kappa shape index (κ2) is 7.41. The highest BCUT2D eigenvalue weighted by Gasteiger charge is 2.26. The van der Waals surface area contributed by atoms with E-state index in [2.05, 4.69) is 10.9 Å². The number of carbonyl (C=O) groups is 1. The van der Waals surface area contributed by atoms with Gasteiger partial charge in [0.25, 0.3) is 5.91 Å². The zero-order valence-corrected chi connectivity index (χ0v) is 15.1. The largest absolute Gasteiger partial charge is 0.299 e. The predicted octanol–water partition coefficient (Wildman–Crippen LogP) is 2.33. The van der Waals surface area contributed by atoms with Crippen molar-refractivity contribution >= 4 is 15.9 Å². The first kappa shape index (κ1) is 17.7. The number of nitrogens with zero attached hydrogens (tertiary/aromatic N) is 1. The van der Waals surface area contributed by atoms with Crippen LogP contribution < -0.4 is 10.9 Å². The molecule has 1 amide bonds. The molecule has 0 radical (unpaired) electrons. The number of hydrogen-bond acceptors (Lipinski definition) is 4. The first-order valence-electron chi connectivity index (χ1n) is 8.51. The predicted molar refractivity (Wildman–Crippen MR) is 96.1 cm³/mol. The van der Waals surface area contributed by atoms with E-state index in [1.165, 1.54) is 15.9 Å². The Kier molecular flexibility index (Phi) is 5.24. The molecule has 1 aromatic carbocycles. The summed E-state index contributed by atoms with van der Waals surface area (Å²) in [6.07, 6.45) is 7.62. The Balaban J connectivity index is 1.71. The number of sulfonamides is 1. The lowest BCUT2D eigenvalue weighted by molar-refractivity contribution is 0.0939. The van der Waals surface area contributed by atoms with Crippen molar-refractivity contribution in [3.05, 3.63) is 53.3 Å². The Morgan fingerprint density at radius 3 is 2.60 bits per heavy atom. The SMILES string of the molecule is CC1=CC(NNC(=O)c2cccc(S(=O)(=O)N3CCCCC3)c2)=CC1. The van der Waals surface area contributed by atoms with Crippen LogP contribution in [0, 0.1) is 0 Å². The van der Waals surface area contributed by atoms with E-state index in [0.29, 0.717) is 18.7 Å². The number of nitrogens with one attached hydrogen (secondary N) is 2. The molecule has 0 bridgehead atoms. The molecule has 25 heavy (non-hydrogen) atoms. The summed E-state index contributed by atoms with van der Waals surface area (Å²) in [5.74, 6) is -0.366. The van der Waals surface area contributed by atoms with Crippen LogP contribution in [0.4, 0.5) is 0 Å². The lowest BCUT2D eigenvalue weighted by Crippen LogP contribution is -2.37. The third-order valence-corrected chi connectivity index (χ3v) is 6.31. The summed E-state index contributed by atoms with van der Waals surface area (Å²) in [5, 5.41) is 0. The highest BCUT2D eigenvalue weighted by atomic mass is 32.2. The smallest absolute Gasteiger partial charge is 0.269 e. The molecule has 2 N–H and O–H groups in total. The maximum absolute atomic E-state index is 12.7. The van der Waals surface area contributed by atoms with Crippen LogP contribution in [-0.4, -0.2) is 31.7 Å². The van der Waals surface area contributed by atoms with Crippen molar-refractivity contribution in [3.63, 3.8) is 0 Å². The molecular formula is C18H23N3O3S. The van der Waals surface area contributed by atoms with Crippen LogP contribution in [0.3, 0.4) is 0 Å². The Morgan fingerprint density at radius 2 is 1.92 bits per heavy atom. The number of hydrogen-bond donors (Lipinski definition) is 2. The minimum absolute atomic E-state index is 0.165. The van der Waals surface area contributed by atoms with Gasteiger partial charge >= 0.3 is 0 Å². The Labute approximate surface area is 148 Å². The van der Waals surface area contributed by atoms with Crippen molar-refractivity contribution in [2.75, 3.05) is 13.1 Å². The second-order valence-electron chi connectivity index (χ2n) is 6.43. The molecule has 134 valence electrons. The fraction of sp³-hybridized carbons (Fsp3) is 0.389. The van der Waals surface area contributed by atoms with Crippen LogP contribution in [-0.2, 0) is 10.0 Å². The number of hydrazine groups is 1. The van der Waals surface area contributed by atoms with E-state index in [1.807, 2.05) is 19.1 Å². The number of allylic oxidation sites excluding steroid dienone is 3. The maximum Gasteiger partial charge on any atom is 0.269 e. The number of amides is 1. The molecule has 0 aromatic heterocycles. The summed E-state index contributed by atoms with van der Waals surface area (Å²) < 4.78 is 27.0. The third kappa shape index (κ3) is 4.11. The average Bonchev–Trinajstić information content (AvgIpc) is 3.06. The van der Waals surface area contributed by atoms with Gasteiger partial charge in [0.15, 0.2) is 0 Å². The summed E-state index contributed by atoms with van der Waals surface area (Å²) in [6.45, 7) is 3.10. The quantitative estimate of drug-likeness (QED) is 0.789. The molecule has 0 spiro atoms. The topological polar surface area (TPSA) is 78.5 Å². The molecule has 1 fully saturated rings. The van der Waals surface area contributed by atoms with E-state index >= 15 is 0 Å².